The lowest BCUT2D eigenvalue weighted by atomic mass is 9.90. The summed E-state index contributed by atoms with van der Waals surface area (Å²) in [7, 11) is 0. The Labute approximate surface area is 211 Å². The fraction of sp³-hybridized carbons (Fsp3) is 0.462. The average molecular weight is 522 g/mol. The van der Waals surface area contributed by atoms with Crippen molar-refractivity contribution in [1.82, 2.24) is 9.88 Å². The molecule has 1 N–H and O–H groups in total. The Kier molecular flexibility index (Phi) is 6.95. The lowest BCUT2D eigenvalue weighted by Crippen LogP contribution is -2.42. The van der Waals surface area contributed by atoms with E-state index in [4.69, 9.17) is 16.6 Å². The number of carbonyl (C=O) groups excluding carboxylic acids is 1. The number of carbonyl (C=O) groups is 1. The highest BCUT2D eigenvalue weighted by Gasteiger charge is 2.42. The first-order chi connectivity index (χ1) is 16.8. The van der Waals surface area contributed by atoms with E-state index in [1.54, 1.807) is 17.4 Å². The maximum Gasteiger partial charge on any atom is 0.471 e. The van der Waals surface area contributed by atoms with E-state index in [0.29, 0.717) is 30.3 Å². The number of rotatable bonds is 4. The van der Waals surface area contributed by atoms with Crippen LogP contribution in [0.5, 0.6) is 0 Å². The predicted molar refractivity (Wildman–Crippen MR) is 134 cm³/mol. The van der Waals surface area contributed by atoms with Crippen LogP contribution in [0.15, 0.2) is 30.3 Å². The van der Waals surface area contributed by atoms with Crippen LogP contribution in [0, 0.1) is 0 Å². The maximum atomic E-state index is 12.9. The van der Waals surface area contributed by atoms with Crippen LogP contribution in [0.4, 0.5) is 18.9 Å². The lowest BCUT2D eigenvalue weighted by Gasteiger charge is -2.21. The van der Waals surface area contributed by atoms with Crippen molar-refractivity contribution < 1.29 is 18.0 Å². The maximum absolute atomic E-state index is 12.9. The largest absolute Gasteiger partial charge is 0.471 e. The second-order valence-electron chi connectivity index (χ2n) is 9.39. The first-order valence-corrected chi connectivity index (χ1v) is 13.3. The van der Waals surface area contributed by atoms with Crippen LogP contribution in [-0.2, 0) is 24.2 Å². The standard InChI is InChI=1S/C26H27ClF3N3OS/c27-20-8-7-17-10-12-33(25(34)26(28,29)30)13-11-19(17)23(20)31-15-16-6-9-21-22(14-16)35-24(32-21)18-4-2-1-3-5-18/h6-9,14,18,31H,1-5,10-13,15H2. The molecule has 3 aromatic rings. The van der Waals surface area contributed by atoms with Gasteiger partial charge in [0.1, 0.15) is 0 Å². The number of benzene rings is 2. The Hall–Kier alpha value is -2.32. The van der Waals surface area contributed by atoms with Crippen molar-refractivity contribution in [2.45, 2.75) is 63.6 Å². The van der Waals surface area contributed by atoms with Crippen LogP contribution >= 0.6 is 22.9 Å². The number of alkyl halides is 3. The summed E-state index contributed by atoms with van der Waals surface area (Å²) in [4.78, 5) is 17.5. The minimum atomic E-state index is -4.86. The van der Waals surface area contributed by atoms with Crippen LogP contribution in [-0.4, -0.2) is 35.1 Å². The number of anilines is 1. The van der Waals surface area contributed by atoms with Crippen molar-refractivity contribution in [1.29, 1.82) is 0 Å². The van der Waals surface area contributed by atoms with Gasteiger partial charge in [-0.1, -0.05) is 43.0 Å². The molecule has 2 aromatic carbocycles. The summed E-state index contributed by atoms with van der Waals surface area (Å²) in [5, 5.41) is 5.18. The fourth-order valence-electron chi connectivity index (χ4n) is 5.18. The predicted octanol–water partition coefficient (Wildman–Crippen LogP) is 7.10. The Balaban J connectivity index is 1.32. The number of thiazole rings is 1. The van der Waals surface area contributed by atoms with Gasteiger partial charge in [-0.05, 0) is 60.6 Å². The molecule has 1 aliphatic heterocycles. The minimum absolute atomic E-state index is 0.0110. The van der Waals surface area contributed by atoms with E-state index < -0.39 is 12.1 Å². The number of hydrogen-bond acceptors (Lipinski definition) is 4. The molecule has 0 radical (unpaired) electrons. The van der Waals surface area contributed by atoms with Crippen molar-refractivity contribution in [3.05, 3.63) is 57.1 Å². The fourth-order valence-corrected chi connectivity index (χ4v) is 6.63. The summed E-state index contributed by atoms with van der Waals surface area (Å²) in [5.41, 5.74) is 4.66. The molecule has 0 atom stereocenters. The Morgan fingerprint density at radius 2 is 1.89 bits per heavy atom. The van der Waals surface area contributed by atoms with E-state index in [1.165, 1.54) is 41.8 Å². The normalized spacial score (nSPS) is 17.3. The average Bonchev–Trinajstić information content (AvgIpc) is 3.15. The van der Waals surface area contributed by atoms with Gasteiger partial charge in [0.05, 0.1) is 25.9 Å². The van der Waals surface area contributed by atoms with E-state index in [-0.39, 0.29) is 13.1 Å². The van der Waals surface area contributed by atoms with E-state index in [1.807, 2.05) is 6.07 Å². The molecular weight excluding hydrogens is 495 g/mol. The smallest absolute Gasteiger partial charge is 0.380 e. The highest BCUT2D eigenvalue weighted by Crippen LogP contribution is 2.37. The molecule has 0 spiro atoms. The zero-order valence-corrected chi connectivity index (χ0v) is 20.8. The molecule has 0 bridgehead atoms. The van der Waals surface area contributed by atoms with Gasteiger partial charge in [-0.25, -0.2) is 4.98 Å². The summed E-state index contributed by atoms with van der Waals surface area (Å²) in [5.74, 6) is -1.21. The van der Waals surface area contributed by atoms with E-state index >= 15 is 0 Å². The number of halogens is 4. The summed E-state index contributed by atoms with van der Waals surface area (Å²) in [6.45, 7) is 0.586. The molecule has 0 unspecified atom stereocenters. The molecule has 1 aliphatic carbocycles. The van der Waals surface area contributed by atoms with Gasteiger partial charge in [0.25, 0.3) is 0 Å². The molecular formula is C26H27ClF3N3OS. The molecule has 35 heavy (non-hydrogen) atoms. The molecule has 9 heteroatoms. The van der Waals surface area contributed by atoms with E-state index in [2.05, 4.69) is 23.5 Å². The topological polar surface area (TPSA) is 45.2 Å². The lowest BCUT2D eigenvalue weighted by molar-refractivity contribution is -0.185. The number of amides is 1. The number of aromatic nitrogens is 1. The Morgan fingerprint density at radius 1 is 1.11 bits per heavy atom. The molecule has 2 aliphatic rings. The van der Waals surface area contributed by atoms with Gasteiger partial charge in [0.15, 0.2) is 0 Å². The quantitative estimate of drug-likeness (QED) is 0.398. The Morgan fingerprint density at radius 3 is 2.66 bits per heavy atom. The highest BCUT2D eigenvalue weighted by molar-refractivity contribution is 7.18. The molecule has 1 amide bonds. The van der Waals surface area contributed by atoms with Crippen LogP contribution in [0.2, 0.25) is 5.02 Å². The van der Waals surface area contributed by atoms with Gasteiger partial charge >= 0.3 is 12.1 Å². The number of nitrogens with one attached hydrogen (secondary N) is 1. The molecule has 4 nitrogen and oxygen atoms in total. The summed E-state index contributed by atoms with van der Waals surface area (Å²) >= 11 is 8.28. The summed E-state index contributed by atoms with van der Waals surface area (Å²) < 4.78 is 40.0. The van der Waals surface area contributed by atoms with Crippen molar-refractivity contribution in [2.24, 2.45) is 0 Å². The summed E-state index contributed by atoms with van der Waals surface area (Å²) in [6.07, 6.45) is 2.13. The van der Waals surface area contributed by atoms with Gasteiger partial charge in [0, 0.05) is 25.6 Å². The molecule has 1 aromatic heterocycles. The van der Waals surface area contributed by atoms with Crippen molar-refractivity contribution >= 4 is 44.7 Å². The van der Waals surface area contributed by atoms with E-state index in [9.17, 15) is 18.0 Å². The number of hydrogen-bond donors (Lipinski definition) is 1. The van der Waals surface area contributed by atoms with Crippen LogP contribution < -0.4 is 5.32 Å². The van der Waals surface area contributed by atoms with Gasteiger partial charge in [-0.15, -0.1) is 11.3 Å². The molecule has 5 rings (SSSR count). The van der Waals surface area contributed by atoms with Gasteiger partial charge in [-0.3, -0.25) is 4.79 Å². The second kappa shape index (κ2) is 9.97. The third kappa shape index (κ3) is 5.28. The molecule has 1 fully saturated rings. The number of fused-ring (bicyclic) bond motifs is 2. The second-order valence-corrected chi connectivity index (χ2v) is 10.9. The molecule has 1 saturated carbocycles. The first-order valence-electron chi connectivity index (χ1n) is 12.1. The van der Waals surface area contributed by atoms with Gasteiger partial charge < -0.3 is 10.2 Å². The third-order valence-corrected chi connectivity index (χ3v) is 8.56. The highest BCUT2D eigenvalue weighted by atomic mass is 35.5. The minimum Gasteiger partial charge on any atom is -0.380 e. The zero-order chi connectivity index (χ0) is 24.6. The van der Waals surface area contributed by atoms with Crippen LogP contribution in [0.3, 0.4) is 0 Å². The van der Waals surface area contributed by atoms with Crippen molar-refractivity contribution in [3.8, 4) is 0 Å². The number of nitrogens with zero attached hydrogens (tertiary/aromatic N) is 2. The van der Waals surface area contributed by atoms with Crippen LogP contribution in [0.25, 0.3) is 10.2 Å². The summed E-state index contributed by atoms with van der Waals surface area (Å²) in [6, 6.07) is 9.89. The monoisotopic (exact) mass is 521 g/mol. The van der Waals surface area contributed by atoms with Crippen LogP contribution in [0.1, 0.15) is 59.7 Å². The van der Waals surface area contributed by atoms with Gasteiger partial charge in [0.2, 0.25) is 0 Å². The Bertz CT molecular complexity index is 1240. The van der Waals surface area contributed by atoms with Gasteiger partial charge in [-0.2, -0.15) is 13.2 Å². The van der Waals surface area contributed by atoms with E-state index in [0.717, 1.165) is 32.8 Å². The van der Waals surface area contributed by atoms with Crippen molar-refractivity contribution in [3.63, 3.8) is 0 Å². The molecule has 2 heterocycles. The first kappa shape index (κ1) is 24.4. The zero-order valence-electron chi connectivity index (χ0n) is 19.3. The third-order valence-electron chi connectivity index (χ3n) is 7.06. The molecule has 0 saturated heterocycles. The molecule has 186 valence electrons. The SMILES string of the molecule is O=C(N1CCc2ccc(Cl)c(NCc3ccc4nc(C5CCCCC5)sc4c3)c2CC1)C(F)(F)F. The van der Waals surface area contributed by atoms with Crippen molar-refractivity contribution in [2.75, 3.05) is 18.4 Å².